The molecule has 1 fully saturated rings. The van der Waals surface area contributed by atoms with Crippen molar-refractivity contribution < 1.29 is 9.53 Å². The first-order valence-electron chi connectivity index (χ1n) is 5.80. The molecule has 1 aliphatic heterocycles. The van der Waals surface area contributed by atoms with E-state index in [1.807, 2.05) is 18.2 Å². The second-order valence-corrected chi connectivity index (χ2v) is 5.11. The number of hydrogen-bond acceptors (Lipinski definition) is 2. The van der Waals surface area contributed by atoms with Crippen LogP contribution >= 0.6 is 11.6 Å². The number of carbonyl (C=O) groups is 1. The largest absolute Gasteiger partial charge is 0.372 e. The van der Waals surface area contributed by atoms with E-state index in [0.29, 0.717) is 24.7 Å². The molecule has 1 aliphatic carbocycles. The smallest absolute Gasteiger partial charge is 0.251 e. The van der Waals surface area contributed by atoms with E-state index in [0.717, 1.165) is 18.4 Å². The molecule has 2 aliphatic rings. The number of benzene rings is 1. The van der Waals surface area contributed by atoms with Crippen LogP contribution in [0, 0.1) is 0 Å². The minimum absolute atomic E-state index is 0.0298. The van der Waals surface area contributed by atoms with Gasteiger partial charge in [0, 0.05) is 11.4 Å². The van der Waals surface area contributed by atoms with Crippen LogP contribution in [0.25, 0.3) is 0 Å². The molecule has 0 saturated heterocycles. The molecule has 1 heterocycles. The second-order valence-electron chi connectivity index (χ2n) is 4.84. The number of alkyl halides is 1. The molecule has 3 rings (SSSR count). The number of carbonyl (C=O) groups excluding carboxylic acids is 1. The van der Waals surface area contributed by atoms with Gasteiger partial charge >= 0.3 is 0 Å². The lowest BCUT2D eigenvalue weighted by Crippen LogP contribution is -2.38. The van der Waals surface area contributed by atoms with Gasteiger partial charge in [0.2, 0.25) is 0 Å². The van der Waals surface area contributed by atoms with Crippen molar-refractivity contribution in [2.75, 3.05) is 5.88 Å². The highest BCUT2D eigenvalue weighted by atomic mass is 35.5. The van der Waals surface area contributed by atoms with Crippen molar-refractivity contribution >= 4 is 17.5 Å². The van der Waals surface area contributed by atoms with Gasteiger partial charge in [0.1, 0.15) is 0 Å². The summed E-state index contributed by atoms with van der Waals surface area (Å²) >= 11 is 5.85. The minimum Gasteiger partial charge on any atom is -0.372 e. The Morgan fingerprint density at radius 2 is 2.12 bits per heavy atom. The monoisotopic (exact) mass is 251 g/mol. The predicted octanol–water partition coefficient (Wildman–Crippen LogP) is 2.22. The number of ether oxygens (including phenoxy) is 1. The van der Waals surface area contributed by atoms with Crippen LogP contribution in [-0.4, -0.2) is 17.3 Å². The lowest BCUT2D eigenvalue weighted by Gasteiger charge is -2.14. The van der Waals surface area contributed by atoms with Crippen molar-refractivity contribution in [2.24, 2.45) is 0 Å². The van der Waals surface area contributed by atoms with Crippen molar-refractivity contribution in [3.05, 3.63) is 34.9 Å². The van der Waals surface area contributed by atoms with E-state index in [1.54, 1.807) is 0 Å². The SMILES string of the molecule is O=C(NC1(CCl)CC1)c1ccc2c(c1)COC2. The van der Waals surface area contributed by atoms with Crippen LogP contribution in [0.2, 0.25) is 0 Å². The van der Waals surface area contributed by atoms with Crippen LogP contribution in [0.3, 0.4) is 0 Å². The normalized spacial score (nSPS) is 19.8. The first-order valence-corrected chi connectivity index (χ1v) is 6.34. The molecule has 90 valence electrons. The van der Waals surface area contributed by atoms with Crippen molar-refractivity contribution in [3.63, 3.8) is 0 Å². The molecule has 1 aromatic carbocycles. The number of halogens is 1. The molecular formula is C13H14ClNO2. The zero-order valence-electron chi connectivity index (χ0n) is 9.46. The van der Waals surface area contributed by atoms with Gasteiger partial charge in [0.15, 0.2) is 0 Å². The van der Waals surface area contributed by atoms with Gasteiger partial charge in [-0.1, -0.05) is 6.07 Å². The van der Waals surface area contributed by atoms with E-state index < -0.39 is 0 Å². The van der Waals surface area contributed by atoms with E-state index in [-0.39, 0.29) is 11.4 Å². The Morgan fingerprint density at radius 1 is 1.35 bits per heavy atom. The summed E-state index contributed by atoms with van der Waals surface area (Å²) in [5.41, 5.74) is 2.85. The average Bonchev–Trinajstić information content (AvgIpc) is 2.96. The first-order chi connectivity index (χ1) is 8.22. The van der Waals surface area contributed by atoms with Crippen LogP contribution < -0.4 is 5.32 Å². The van der Waals surface area contributed by atoms with Crippen LogP contribution in [0.4, 0.5) is 0 Å². The maximum atomic E-state index is 12.0. The zero-order chi connectivity index (χ0) is 11.9. The van der Waals surface area contributed by atoms with E-state index in [1.165, 1.54) is 5.56 Å². The highest BCUT2D eigenvalue weighted by Crippen LogP contribution is 2.36. The molecule has 0 spiro atoms. The fourth-order valence-electron chi connectivity index (χ4n) is 2.07. The zero-order valence-corrected chi connectivity index (χ0v) is 10.2. The third kappa shape index (κ3) is 2.05. The molecule has 4 heteroatoms. The fourth-order valence-corrected chi connectivity index (χ4v) is 2.40. The molecular weight excluding hydrogens is 238 g/mol. The van der Waals surface area contributed by atoms with Crippen molar-refractivity contribution in [1.29, 1.82) is 0 Å². The summed E-state index contributed by atoms with van der Waals surface area (Å²) in [4.78, 5) is 12.0. The highest BCUT2D eigenvalue weighted by Gasteiger charge is 2.43. The Bertz CT molecular complexity index is 468. The quantitative estimate of drug-likeness (QED) is 0.837. The third-order valence-corrected chi connectivity index (χ3v) is 3.98. The Morgan fingerprint density at radius 3 is 2.82 bits per heavy atom. The molecule has 17 heavy (non-hydrogen) atoms. The van der Waals surface area contributed by atoms with Gasteiger partial charge in [-0.25, -0.2) is 0 Å². The summed E-state index contributed by atoms with van der Waals surface area (Å²) < 4.78 is 5.33. The second kappa shape index (κ2) is 4.00. The summed E-state index contributed by atoms with van der Waals surface area (Å²) in [6, 6.07) is 5.74. The highest BCUT2D eigenvalue weighted by molar-refractivity contribution is 6.19. The molecule has 1 amide bonds. The molecule has 1 aromatic rings. The van der Waals surface area contributed by atoms with Crippen LogP contribution in [0.15, 0.2) is 18.2 Å². The summed E-state index contributed by atoms with van der Waals surface area (Å²) in [5.74, 6) is 0.463. The van der Waals surface area contributed by atoms with Crippen LogP contribution in [-0.2, 0) is 18.0 Å². The first kappa shape index (κ1) is 11.1. The summed E-state index contributed by atoms with van der Waals surface area (Å²) in [6.07, 6.45) is 1.96. The maximum absolute atomic E-state index is 12.0. The number of nitrogens with one attached hydrogen (secondary N) is 1. The Balaban J connectivity index is 1.78. The molecule has 1 saturated carbocycles. The molecule has 0 radical (unpaired) electrons. The molecule has 1 N–H and O–H groups in total. The third-order valence-electron chi connectivity index (χ3n) is 3.47. The summed E-state index contributed by atoms with van der Waals surface area (Å²) in [6.45, 7) is 1.26. The lowest BCUT2D eigenvalue weighted by molar-refractivity contribution is 0.0936. The topological polar surface area (TPSA) is 38.3 Å². The average molecular weight is 252 g/mol. The van der Waals surface area contributed by atoms with Crippen LogP contribution in [0.5, 0.6) is 0 Å². The van der Waals surface area contributed by atoms with Gasteiger partial charge < -0.3 is 10.1 Å². The van der Waals surface area contributed by atoms with Gasteiger partial charge in [-0.3, -0.25) is 4.79 Å². The summed E-state index contributed by atoms with van der Waals surface area (Å²) in [5, 5.41) is 3.01. The van der Waals surface area contributed by atoms with Crippen molar-refractivity contribution in [2.45, 2.75) is 31.6 Å². The Hall–Kier alpha value is -1.06. The van der Waals surface area contributed by atoms with Crippen molar-refractivity contribution in [1.82, 2.24) is 5.32 Å². The van der Waals surface area contributed by atoms with Crippen molar-refractivity contribution in [3.8, 4) is 0 Å². The number of hydrogen-bond donors (Lipinski definition) is 1. The van der Waals surface area contributed by atoms with Gasteiger partial charge in [0.05, 0.1) is 18.8 Å². The van der Waals surface area contributed by atoms with Gasteiger partial charge in [-0.05, 0) is 36.1 Å². The summed E-state index contributed by atoms with van der Waals surface area (Å²) in [7, 11) is 0. The maximum Gasteiger partial charge on any atom is 0.251 e. The predicted molar refractivity (Wildman–Crippen MR) is 65.1 cm³/mol. The minimum atomic E-state index is -0.145. The van der Waals surface area contributed by atoms with Gasteiger partial charge in [-0.15, -0.1) is 11.6 Å². The fraction of sp³-hybridized carbons (Fsp3) is 0.462. The molecule has 0 aromatic heterocycles. The van der Waals surface area contributed by atoms with Crippen LogP contribution in [0.1, 0.15) is 34.3 Å². The standard InChI is InChI=1S/C13H14ClNO2/c14-8-13(3-4-13)15-12(16)9-1-2-10-6-17-7-11(10)5-9/h1-2,5H,3-4,6-8H2,(H,15,16). The van der Waals surface area contributed by atoms with E-state index >= 15 is 0 Å². The molecule has 0 atom stereocenters. The van der Waals surface area contributed by atoms with E-state index in [9.17, 15) is 4.79 Å². The lowest BCUT2D eigenvalue weighted by atomic mass is 10.1. The molecule has 3 nitrogen and oxygen atoms in total. The number of rotatable bonds is 3. The van der Waals surface area contributed by atoms with E-state index in [4.69, 9.17) is 16.3 Å². The van der Waals surface area contributed by atoms with Gasteiger partial charge in [0.25, 0.3) is 5.91 Å². The number of fused-ring (bicyclic) bond motifs is 1. The van der Waals surface area contributed by atoms with E-state index in [2.05, 4.69) is 5.32 Å². The molecule has 0 bridgehead atoms. The Labute approximate surface area is 105 Å². The number of amides is 1. The Kier molecular flexibility index (Phi) is 2.60. The molecule has 0 unspecified atom stereocenters. The van der Waals surface area contributed by atoms with Gasteiger partial charge in [-0.2, -0.15) is 0 Å².